The van der Waals surface area contributed by atoms with Crippen molar-refractivity contribution in [2.45, 2.75) is 25.2 Å². The lowest BCUT2D eigenvalue weighted by Gasteiger charge is -2.09. The first-order valence-corrected chi connectivity index (χ1v) is 11.0. The molecule has 1 N–H and O–H groups in total. The summed E-state index contributed by atoms with van der Waals surface area (Å²) in [5.74, 6) is 2.03. The Morgan fingerprint density at radius 2 is 1.89 bits per heavy atom. The molecular formula is C18H17Br2N5O2S. The summed E-state index contributed by atoms with van der Waals surface area (Å²) in [6.45, 7) is 2.99. The summed E-state index contributed by atoms with van der Waals surface area (Å²) in [4.78, 5) is 16.3. The molecule has 0 saturated carbocycles. The molecule has 10 heteroatoms. The molecule has 7 nitrogen and oxygen atoms in total. The molecule has 28 heavy (non-hydrogen) atoms. The topological polar surface area (TPSA) is 81.9 Å². The van der Waals surface area contributed by atoms with E-state index in [1.54, 1.807) is 12.3 Å². The number of anilines is 1. The zero-order valence-corrected chi connectivity index (χ0v) is 18.9. The molecule has 0 aliphatic heterocycles. The Hall–Kier alpha value is -1.91. The number of amides is 1. The maximum Gasteiger partial charge on any atom is 0.236 e. The second-order valence-corrected chi connectivity index (χ2v) is 8.36. The van der Waals surface area contributed by atoms with Crippen LogP contribution in [0.3, 0.4) is 0 Å². The van der Waals surface area contributed by atoms with E-state index in [-0.39, 0.29) is 11.7 Å². The number of halogens is 2. The number of benzene rings is 1. The van der Waals surface area contributed by atoms with E-state index in [0.717, 1.165) is 14.7 Å². The number of nitrogens with zero attached hydrogens (tertiary/aromatic N) is 4. The maximum absolute atomic E-state index is 12.1. The van der Waals surface area contributed by atoms with Gasteiger partial charge in [-0.15, -0.1) is 10.2 Å². The van der Waals surface area contributed by atoms with E-state index in [4.69, 9.17) is 4.74 Å². The molecule has 0 aliphatic carbocycles. The van der Waals surface area contributed by atoms with Gasteiger partial charge in [-0.3, -0.25) is 4.79 Å². The van der Waals surface area contributed by atoms with Crippen LogP contribution in [-0.2, 0) is 17.9 Å². The van der Waals surface area contributed by atoms with Crippen LogP contribution in [0.5, 0.6) is 5.75 Å². The quantitative estimate of drug-likeness (QED) is 0.434. The number of carbonyl (C=O) groups excluding carboxylic acids is 1. The third-order valence-corrected chi connectivity index (χ3v) is 5.58. The highest BCUT2D eigenvalue weighted by molar-refractivity contribution is 9.10. The molecule has 0 aliphatic rings. The first kappa shape index (κ1) is 20.8. The fourth-order valence-electron chi connectivity index (χ4n) is 2.29. The number of rotatable bonds is 8. The number of nitrogens with one attached hydrogen (secondary N) is 1. The van der Waals surface area contributed by atoms with Crippen LogP contribution >= 0.6 is 43.6 Å². The van der Waals surface area contributed by atoms with Crippen molar-refractivity contribution < 1.29 is 9.53 Å². The summed E-state index contributed by atoms with van der Waals surface area (Å²) >= 11 is 8.03. The van der Waals surface area contributed by atoms with E-state index >= 15 is 0 Å². The molecule has 0 atom stereocenters. The van der Waals surface area contributed by atoms with Gasteiger partial charge in [0.05, 0.1) is 5.75 Å². The van der Waals surface area contributed by atoms with Crippen molar-refractivity contribution in [1.82, 2.24) is 19.7 Å². The summed E-state index contributed by atoms with van der Waals surface area (Å²) in [5.41, 5.74) is 0. The number of carbonyl (C=O) groups is 1. The van der Waals surface area contributed by atoms with Crippen LogP contribution in [0.4, 0.5) is 5.82 Å². The Balaban J connectivity index is 1.56. The Bertz CT molecular complexity index is 932. The van der Waals surface area contributed by atoms with E-state index in [0.29, 0.717) is 30.0 Å². The normalized spacial score (nSPS) is 10.7. The lowest BCUT2D eigenvalue weighted by Crippen LogP contribution is -2.15. The number of aromatic nitrogens is 4. The summed E-state index contributed by atoms with van der Waals surface area (Å²) in [7, 11) is 0. The SMILES string of the molecule is CCn1c(COc2ccc(Br)cc2)nnc1SCC(=O)Nc1ccc(Br)cn1. The highest BCUT2D eigenvalue weighted by Gasteiger charge is 2.14. The second-order valence-electron chi connectivity index (χ2n) is 5.58. The zero-order valence-electron chi connectivity index (χ0n) is 14.9. The van der Waals surface area contributed by atoms with Crippen LogP contribution in [-0.4, -0.2) is 31.4 Å². The van der Waals surface area contributed by atoms with E-state index in [1.807, 2.05) is 41.8 Å². The van der Waals surface area contributed by atoms with Crippen molar-refractivity contribution in [2.75, 3.05) is 11.1 Å². The maximum atomic E-state index is 12.1. The summed E-state index contributed by atoms with van der Waals surface area (Å²) in [6, 6.07) is 11.2. The predicted octanol–water partition coefficient (Wildman–Crippen LogP) is 4.53. The van der Waals surface area contributed by atoms with Gasteiger partial charge < -0.3 is 14.6 Å². The first-order chi connectivity index (χ1) is 13.5. The average Bonchev–Trinajstić information content (AvgIpc) is 3.09. The van der Waals surface area contributed by atoms with E-state index < -0.39 is 0 Å². The monoisotopic (exact) mass is 525 g/mol. The van der Waals surface area contributed by atoms with Crippen molar-refractivity contribution in [1.29, 1.82) is 0 Å². The summed E-state index contributed by atoms with van der Waals surface area (Å²) < 4.78 is 9.56. The zero-order chi connectivity index (χ0) is 19.9. The largest absolute Gasteiger partial charge is 0.486 e. The highest BCUT2D eigenvalue weighted by Crippen LogP contribution is 2.20. The number of thioether (sulfide) groups is 1. The molecular weight excluding hydrogens is 510 g/mol. The Kier molecular flexibility index (Phi) is 7.46. The molecule has 0 bridgehead atoms. The van der Waals surface area contributed by atoms with Gasteiger partial charge in [0.15, 0.2) is 11.0 Å². The Morgan fingerprint density at radius 3 is 2.57 bits per heavy atom. The van der Waals surface area contributed by atoms with Crippen LogP contribution in [0, 0.1) is 0 Å². The lowest BCUT2D eigenvalue weighted by atomic mass is 10.3. The lowest BCUT2D eigenvalue weighted by molar-refractivity contribution is -0.113. The van der Waals surface area contributed by atoms with Crippen LogP contribution < -0.4 is 10.1 Å². The van der Waals surface area contributed by atoms with E-state index in [9.17, 15) is 4.79 Å². The summed E-state index contributed by atoms with van der Waals surface area (Å²) in [6.07, 6.45) is 1.63. The third-order valence-electron chi connectivity index (χ3n) is 3.62. The average molecular weight is 527 g/mol. The molecule has 3 rings (SSSR count). The molecule has 0 saturated heterocycles. The van der Waals surface area contributed by atoms with Gasteiger partial charge in [-0.25, -0.2) is 4.98 Å². The van der Waals surface area contributed by atoms with Gasteiger partial charge in [0, 0.05) is 21.7 Å². The van der Waals surface area contributed by atoms with Crippen molar-refractivity contribution in [3.05, 3.63) is 57.4 Å². The molecule has 0 unspecified atom stereocenters. The van der Waals surface area contributed by atoms with Crippen LogP contribution in [0.25, 0.3) is 0 Å². The van der Waals surface area contributed by atoms with Crippen molar-refractivity contribution in [2.24, 2.45) is 0 Å². The van der Waals surface area contributed by atoms with Gasteiger partial charge in [-0.05, 0) is 59.3 Å². The molecule has 0 radical (unpaired) electrons. The van der Waals surface area contributed by atoms with Gasteiger partial charge in [0.2, 0.25) is 5.91 Å². The minimum absolute atomic E-state index is 0.155. The highest BCUT2D eigenvalue weighted by atomic mass is 79.9. The molecule has 0 spiro atoms. The molecule has 3 aromatic rings. The van der Waals surface area contributed by atoms with Crippen LogP contribution in [0.2, 0.25) is 0 Å². The second kappa shape index (κ2) is 10.0. The molecule has 1 aromatic carbocycles. The molecule has 2 heterocycles. The molecule has 2 aromatic heterocycles. The van der Waals surface area contributed by atoms with Crippen molar-refractivity contribution >= 4 is 55.3 Å². The summed E-state index contributed by atoms with van der Waals surface area (Å²) in [5, 5.41) is 11.8. The number of ether oxygens (including phenoxy) is 1. The molecule has 1 amide bonds. The molecule has 146 valence electrons. The van der Waals surface area contributed by atoms with Gasteiger partial charge in [0.1, 0.15) is 18.2 Å². The fraction of sp³-hybridized carbons (Fsp3) is 0.222. The van der Waals surface area contributed by atoms with Gasteiger partial charge in [-0.2, -0.15) is 0 Å². The fourth-order valence-corrected chi connectivity index (χ4v) is 3.61. The van der Waals surface area contributed by atoms with Gasteiger partial charge in [-0.1, -0.05) is 27.7 Å². The smallest absolute Gasteiger partial charge is 0.236 e. The molecule has 0 fully saturated rings. The van der Waals surface area contributed by atoms with Crippen LogP contribution in [0.1, 0.15) is 12.7 Å². The minimum Gasteiger partial charge on any atom is -0.486 e. The number of hydrogen-bond acceptors (Lipinski definition) is 6. The predicted molar refractivity (Wildman–Crippen MR) is 115 cm³/mol. The first-order valence-electron chi connectivity index (χ1n) is 8.40. The van der Waals surface area contributed by atoms with Gasteiger partial charge in [0.25, 0.3) is 0 Å². The Labute approximate surface area is 183 Å². The standard InChI is InChI=1S/C18H17Br2N5O2S/c1-2-25-16(10-27-14-6-3-12(19)4-7-14)23-24-18(25)28-11-17(26)22-15-8-5-13(20)9-21-15/h3-9H,2,10-11H2,1H3,(H,21,22,26). The number of hydrogen-bond donors (Lipinski definition) is 1. The van der Waals surface area contributed by atoms with Crippen LogP contribution in [0.15, 0.2) is 56.7 Å². The Morgan fingerprint density at radius 1 is 1.14 bits per heavy atom. The third kappa shape index (κ3) is 5.79. The number of pyridine rings is 1. The van der Waals surface area contributed by atoms with Gasteiger partial charge >= 0.3 is 0 Å². The van der Waals surface area contributed by atoms with Crippen molar-refractivity contribution in [3.8, 4) is 5.75 Å². The minimum atomic E-state index is -0.155. The van der Waals surface area contributed by atoms with E-state index in [2.05, 4.69) is 52.4 Å². The van der Waals surface area contributed by atoms with Crippen molar-refractivity contribution in [3.63, 3.8) is 0 Å². The van der Waals surface area contributed by atoms with E-state index in [1.165, 1.54) is 11.8 Å².